The average molecular weight is 340 g/mol. The molecular weight excluding hydrogens is 322 g/mol. The zero-order valence-corrected chi connectivity index (χ0v) is 14.0. The second-order valence-electron chi connectivity index (χ2n) is 6.54. The molecule has 2 aromatic rings. The summed E-state index contributed by atoms with van der Waals surface area (Å²) in [6, 6.07) is 11.4. The maximum Gasteiger partial charge on any atom is 0.335 e. The molecule has 0 amide bonds. The third-order valence-corrected chi connectivity index (χ3v) is 5.66. The number of nitrogens with one attached hydrogen (secondary N) is 1. The maximum atomic E-state index is 11.1. The molecular formula is C20H18ClNO2. The normalized spacial score (nSPS) is 24.2. The Bertz CT molecular complexity index is 841. The lowest BCUT2D eigenvalue weighted by Crippen LogP contribution is -2.29. The summed E-state index contributed by atoms with van der Waals surface area (Å²) in [5, 5.41) is 13.5. The quantitative estimate of drug-likeness (QED) is 0.742. The lowest BCUT2D eigenvalue weighted by Gasteiger charge is -2.38. The van der Waals surface area contributed by atoms with Crippen molar-refractivity contribution in [2.45, 2.75) is 25.3 Å². The number of hydrogen-bond acceptors (Lipinski definition) is 2. The summed E-state index contributed by atoms with van der Waals surface area (Å²) in [6.45, 7) is 2.04. The molecule has 0 radical (unpaired) electrons. The number of fused-ring (bicyclic) bond motifs is 3. The Morgan fingerprint density at radius 2 is 1.96 bits per heavy atom. The second-order valence-corrected chi connectivity index (χ2v) is 6.95. The molecule has 0 unspecified atom stereocenters. The first-order valence-corrected chi connectivity index (χ1v) is 8.49. The third-order valence-electron chi connectivity index (χ3n) is 5.25. The summed E-state index contributed by atoms with van der Waals surface area (Å²) >= 11 is 6.31. The predicted molar refractivity (Wildman–Crippen MR) is 95.9 cm³/mol. The van der Waals surface area contributed by atoms with E-state index in [1.807, 2.05) is 25.1 Å². The van der Waals surface area contributed by atoms with Gasteiger partial charge in [0.1, 0.15) is 0 Å². The number of carboxylic acid groups (broad SMARTS) is 1. The monoisotopic (exact) mass is 339 g/mol. The lowest BCUT2D eigenvalue weighted by molar-refractivity contribution is 0.0697. The number of aromatic carboxylic acids is 1. The van der Waals surface area contributed by atoms with Crippen molar-refractivity contribution in [3.05, 3.63) is 75.8 Å². The van der Waals surface area contributed by atoms with Gasteiger partial charge >= 0.3 is 5.97 Å². The number of anilines is 1. The molecule has 2 N–H and O–H groups in total. The van der Waals surface area contributed by atoms with Crippen LogP contribution in [0.4, 0.5) is 5.69 Å². The summed E-state index contributed by atoms with van der Waals surface area (Å²) < 4.78 is 0. The molecule has 1 heterocycles. The average Bonchev–Trinajstić information content (AvgIpc) is 3.07. The van der Waals surface area contributed by atoms with Crippen LogP contribution in [0, 0.1) is 12.8 Å². The van der Waals surface area contributed by atoms with E-state index in [0.29, 0.717) is 17.4 Å². The number of carbonyl (C=O) groups is 1. The maximum absolute atomic E-state index is 11.1. The number of allylic oxidation sites excluding steroid dienone is 2. The molecule has 0 saturated carbocycles. The highest BCUT2D eigenvalue weighted by molar-refractivity contribution is 6.31. The zero-order chi connectivity index (χ0) is 16.8. The molecule has 1 aliphatic carbocycles. The predicted octanol–water partition coefficient (Wildman–Crippen LogP) is 5.17. The Morgan fingerprint density at radius 1 is 1.21 bits per heavy atom. The van der Waals surface area contributed by atoms with E-state index in [-0.39, 0.29) is 6.04 Å². The molecule has 2 aromatic carbocycles. The van der Waals surface area contributed by atoms with E-state index in [1.54, 1.807) is 12.1 Å². The molecule has 24 heavy (non-hydrogen) atoms. The molecule has 0 aromatic heterocycles. The first-order valence-electron chi connectivity index (χ1n) is 8.11. The Morgan fingerprint density at radius 3 is 2.67 bits per heavy atom. The lowest BCUT2D eigenvalue weighted by atomic mass is 9.76. The van der Waals surface area contributed by atoms with Crippen molar-refractivity contribution >= 4 is 23.3 Å². The van der Waals surface area contributed by atoms with Gasteiger partial charge in [-0.2, -0.15) is 0 Å². The van der Waals surface area contributed by atoms with Gasteiger partial charge in [-0.15, -0.1) is 0 Å². The van der Waals surface area contributed by atoms with Gasteiger partial charge in [-0.05, 0) is 54.2 Å². The van der Waals surface area contributed by atoms with E-state index in [1.165, 1.54) is 5.56 Å². The van der Waals surface area contributed by atoms with Crippen molar-refractivity contribution in [3.63, 3.8) is 0 Å². The molecule has 4 heteroatoms. The highest BCUT2D eigenvalue weighted by atomic mass is 35.5. The van der Waals surface area contributed by atoms with E-state index in [9.17, 15) is 4.79 Å². The van der Waals surface area contributed by atoms with Gasteiger partial charge < -0.3 is 10.4 Å². The Balaban J connectivity index is 1.77. The molecule has 4 rings (SSSR count). The molecule has 3 nitrogen and oxygen atoms in total. The van der Waals surface area contributed by atoms with Crippen molar-refractivity contribution < 1.29 is 9.90 Å². The molecule has 0 bridgehead atoms. The summed E-state index contributed by atoms with van der Waals surface area (Å²) in [4.78, 5) is 11.1. The van der Waals surface area contributed by atoms with Crippen LogP contribution in [0.2, 0.25) is 5.02 Å². The van der Waals surface area contributed by atoms with Gasteiger partial charge in [0.2, 0.25) is 0 Å². The standard InChI is InChI=1S/C20H18ClNO2/c1-11-17(21)10-9-16-14-3-2-4-15(14)19(22-18(11)16)12-5-7-13(8-6-12)20(23)24/h2-3,5-10,14-15,19,22H,4H2,1H3,(H,23,24)/t14-,15-,19+/m0/s1. The summed E-state index contributed by atoms with van der Waals surface area (Å²) in [5.74, 6) is -0.0818. The van der Waals surface area contributed by atoms with Crippen molar-refractivity contribution in [1.29, 1.82) is 0 Å². The van der Waals surface area contributed by atoms with Crippen molar-refractivity contribution in [3.8, 4) is 0 Å². The van der Waals surface area contributed by atoms with E-state index in [2.05, 4.69) is 23.5 Å². The van der Waals surface area contributed by atoms with Gasteiger partial charge in [-0.25, -0.2) is 4.79 Å². The van der Waals surface area contributed by atoms with Gasteiger partial charge in [0.05, 0.1) is 11.6 Å². The fourth-order valence-electron chi connectivity index (χ4n) is 3.95. The highest BCUT2D eigenvalue weighted by Gasteiger charge is 2.38. The second kappa shape index (κ2) is 5.67. The molecule has 0 fully saturated rings. The van der Waals surface area contributed by atoms with Gasteiger partial charge in [0.25, 0.3) is 0 Å². The number of halogens is 1. The van der Waals surface area contributed by atoms with E-state index in [0.717, 1.165) is 28.3 Å². The van der Waals surface area contributed by atoms with Crippen molar-refractivity contribution in [2.24, 2.45) is 5.92 Å². The van der Waals surface area contributed by atoms with Crippen LogP contribution in [-0.2, 0) is 0 Å². The van der Waals surface area contributed by atoms with E-state index in [4.69, 9.17) is 16.7 Å². The Labute approximate surface area is 146 Å². The third kappa shape index (κ3) is 2.31. The number of benzene rings is 2. The summed E-state index contributed by atoms with van der Waals surface area (Å²) in [6.07, 6.45) is 5.55. The molecule has 0 spiro atoms. The number of rotatable bonds is 2. The number of carboxylic acids is 1. The highest BCUT2D eigenvalue weighted by Crippen LogP contribution is 2.51. The SMILES string of the molecule is Cc1c(Cl)ccc2c1N[C@H](c1ccc(C(=O)O)cc1)[C@H]1CC=C[C@H]21. The van der Waals surface area contributed by atoms with Gasteiger partial charge in [0, 0.05) is 16.6 Å². The topological polar surface area (TPSA) is 49.3 Å². The summed E-state index contributed by atoms with van der Waals surface area (Å²) in [5.41, 5.74) is 4.91. The molecule has 3 atom stereocenters. The largest absolute Gasteiger partial charge is 0.478 e. The Kier molecular flexibility index (Phi) is 3.61. The fraction of sp³-hybridized carbons (Fsp3) is 0.250. The van der Waals surface area contributed by atoms with Crippen LogP contribution < -0.4 is 5.32 Å². The minimum Gasteiger partial charge on any atom is -0.478 e. The molecule has 2 aliphatic rings. The minimum absolute atomic E-state index is 0.150. The van der Waals surface area contributed by atoms with Crippen LogP contribution in [0.15, 0.2) is 48.6 Å². The first kappa shape index (κ1) is 15.3. The van der Waals surface area contributed by atoms with Crippen LogP contribution >= 0.6 is 11.6 Å². The van der Waals surface area contributed by atoms with Crippen molar-refractivity contribution in [1.82, 2.24) is 0 Å². The van der Waals surface area contributed by atoms with Crippen LogP contribution in [0.25, 0.3) is 0 Å². The van der Waals surface area contributed by atoms with Gasteiger partial charge in [0.15, 0.2) is 0 Å². The van der Waals surface area contributed by atoms with Crippen LogP contribution in [0.5, 0.6) is 0 Å². The zero-order valence-electron chi connectivity index (χ0n) is 13.3. The van der Waals surface area contributed by atoms with E-state index < -0.39 is 5.97 Å². The van der Waals surface area contributed by atoms with Gasteiger partial charge in [-0.1, -0.05) is 42.0 Å². The molecule has 122 valence electrons. The first-order chi connectivity index (χ1) is 11.6. The molecule has 1 aliphatic heterocycles. The number of hydrogen-bond donors (Lipinski definition) is 2. The van der Waals surface area contributed by atoms with Gasteiger partial charge in [-0.3, -0.25) is 0 Å². The smallest absolute Gasteiger partial charge is 0.335 e. The fourth-order valence-corrected chi connectivity index (χ4v) is 4.11. The van der Waals surface area contributed by atoms with Crippen LogP contribution in [-0.4, -0.2) is 11.1 Å². The minimum atomic E-state index is -0.897. The van der Waals surface area contributed by atoms with Crippen LogP contribution in [0.1, 0.15) is 45.4 Å². The Hall–Kier alpha value is -2.26. The van der Waals surface area contributed by atoms with Crippen molar-refractivity contribution in [2.75, 3.05) is 5.32 Å². The van der Waals surface area contributed by atoms with E-state index >= 15 is 0 Å². The summed E-state index contributed by atoms with van der Waals surface area (Å²) in [7, 11) is 0. The van der Waals surface area contributed by atoms with Crippen LogP contribution in [0.3, 0.4) is 0 Å². The molecule has 0 saturated heterocycles.